The summed E-state index contributed by atoms with van der Waals surface area (Å²) in [6.07, 6.45) is 4.49. The lowest BCUT2D eigenvalue weighted by Gasteiger charge is -2.28. The number of H-pyrrole nitrogens is 1. The number of aromatic amines is 1. The maximum absolute atomic E-state index is 6.13. The second kappa shape index (κ2) is 7.93. The maximum atomic E-state index is 6.13. The van der Waals surface area contributed by atoms with Crippen molar-refractivity contribution in [2.75, 3.05) is 6.54 Å². The SMILES string of the molecule is Clc1ccc(-c2[nH]c3ccccc3c2CN2CCc3nc(-c4ccco4)ncc3C2)cc1. The van der Waals surface area contributed by atoms with Gasteiger partial charge in [0.2, 0.25) is 0 Å². The molecule has 3 aromatic heterocycles. The Labute approximate surface area is 190 Å². The van der Waals surface area contributed by atoms with Gasteiger partial charge in [0.05, 0.1) is 17.7 Å². The Morgan fingerprint density at radius 1 is 1.03 bits per heavy atom. The Morgan fingerprint density at radius 3 is 2.75 bits per heavy atom. The summed E-state index contributed by atoms with van der Waals surface area (Å²) >= 11 is 6.13. The summed E-state index contributed by atoms with van der Waals surface area (Å²) in [5.74, 6) is 1.37. The molecule has 0 bridgehead atoms. The molecule has 0 unspecified atom stereocenters. The zero-order valence-electron chi connectivity index (χ0n) is 17.4. The van der Waals surface area contributed by atoms with Crippen molar-refractivity contribution in [2.45, 2.75) is 19.5 Å². The summed E-state index contributed by atoms with van der Waals surface area (Å²) < 4.78 is 5.46. The van der Waals surface area contributed by atoms with Crippen molar-refractivity contribution in [3.8, 4) is 22.8 Å². The molecule has 0 radical (unpaired) electrons. The van der Waals surface area contributed by atoms with Crippen LogP contribution in [-0.2, 0) is 19.5 Å². The topological polar surface area (TPSA) is 58.0 Å². The Bertz CT molecular complexity index is 1390. The van der Waals surface area contributed by atoms with Crippen molar-refractivity contribution in [3.63, 3.8) is 0 Å². The monoisotopic (exact) mass is 440 g/mol. The lowest BCUT2D eigenvalue weighted by molar-refractivity contribution is 0.244. The van der Waals surface area contributed by atoms with Gasteiger partial charge >= 0.3 is 0 Å². The van der Waals surface area contributed by atoms with Gasteiger partial charge in [-0.25, -0.2) is 9.97 Å². The van der Waals surface area contributed by atoms with Crippen LogP contribution in [0.15, 0.2) is 77.5 Å². The zero-order chi connectivity index (χ0) is 21.5. The number of nitrogens with zero attached hydrogens (tertiary/aromatic N) is 3. The second-order valence-electron chi connectivity index (χ2n) is 8.13. The molecule has 0 spiro atoms. The van der Waals surface area contributed by atoms with Crippen LogP contribution >= 0.6 is 11.6 Å². The van der Waals surface area contributed by atoms with E-state index in [0.29, 0.717) is 11.6 Å². The smallest absolute Gasteiger partial charge is 0.195 e. The maximum Gasteiger partial charge on any atom is 0.195 e. The van der Waals surface area contributed by atoms with E-state index in [1.165, 1.54) is 16.5 Å². The minimum Gasteiger partial charge on any atom is -0.461 e. The number of rotatable bonds is 4. The van der Waals surface area contributed by atoms with E-state index < -0.39 is 0 Å². The first-order valence-electron chi connectivity index (χ1n) is 10.7. The predicted octanol–water partition coefficient (Wildman–Crippen LogP) is 6.10. The van der Waals surface area contributed by atoms with Gasteiger partial charge in [-0.3, -0.25) is 4.90 Å². The third-order valence-corrected chi connectivity index (χ3v) is 6.33. The van der Waals surface area contributed by atoms with Gasteiger partial charge in [-0.1, -0.05) is 41.9 Å². The van der Waals surface area contributed by atoms with Crippen LogP contribution in [0.1, 0.15) is 16.8 Å². The Balaban J connectivity index is 1.32. The van der Waals surface area contributed by atoms with Crippen LogP contribution in [0.5, 0.6) is 0 Å². The largest absolute Gasteiger partial charge is 0.461 e. The molecule has 0 amide bonds. The molecule has 158 valence electrons. The number of benzene rings is 2. The minimum absolute atomic E-state index is 0.656. The third-order valence-electron chi connectivity index (χ3n) is 6.08. The van der Waals surface area contributed by atoms with E-state index in [4.69, 9.17) is 21.0 Å². The summed E-state index contributed by atoms with van der Waals surface area (Å²) in [6, 6.07) is 20.3. The van der Waals surface area contributed by atoms with Gasteiger partial charge in [-0.05, 0) is 41.5 Å². The van der Waals surface area contributed by atoms with Crippen LogP contribution in [0.2, 0.25) is 5.02 Å². The molecule has 0 fully saturated rings. The molecule has 5 nitrogen and oxygen atoms in total. The van der Waals surface area contributed by atoms with Crippen molar-refractivity contribution in [2.24, 2.45) is 0 Å². The first-order chi connectivity index (χ1) is 15.7. The number of aromatic nitrogens is 3. The Hall–Kier alpha value is -3.41. The van der Waals surface area contributed by atoms with E-state index in [9.17, 15) is 0 Å². The van der Waals surface area contributed by atoms with Crippen molar-refractivity contribution < 1.29 is 4.42 Å². The van der Waals surface area contributed by atoms with E-state index in [-0.39, 0.29) is 0 Å². The van der Waals surface area contributed by atoms with Crippen LogP contribution in [-0.4, -0.2) is 26.4 Å². The Morgan fingerprint density at radius 2 is 1.91 bits per heavy atom. The fourth-order valence-corrected chi connectivity index (χ4v) is 4.61. The van der Waals surface area contributed by atoms with Crippen molar-refractivity contribution in [1.82, 2.24) is 19.9 Å². The normalized spacial score (nSPS) is 14.0. The average molecular weight is 441 g/mol. The van der Waals surface area contributed by atoms with Gasteiger partial charge in [-0.2, -0.15) is 0 Å². The number of fused-ring (bicyclic) bond motifs is 2. The molecule has 0 saturated heterocycles. The van der Waals surface area contributed by atoms with Gasteiger partial charge in [0.15, 0.2) is 11.6 Å². The van der Waals surface area contributed by atoms with Gasteiger partial charge < -0.3 is 9.40 Å². The highest BCUT2D eigenvalue weighted by atomic mass is 35.5. The van der Waals surface area contributed by atoms with Gasteiger partial charge in [0, 0.05) is 53.7 Å². The molecule has 1 aliphatic heterocycles. The van der Waals surface area contributed by atoms with Crippen molar-refractivity contribution in [1.29, 1.82) is 0 Å². The highest BCUT2D eigenvalue weighted by molar-refractivity contribution is 6.30. The van der Waals surface area contributed by atoms with Crippen molar-refractivity contribution >= 4 is 22.5 Å². The number of hydrogen-bond acceptors (Lipinski definition) is 4. The van der Waals surface area contributed by atoms with E-state index in [2.05, 4.69) is 51.3 Å². The fourth-order valence-electron chi connectivity index (χ4n) is 4.48. The molecule has 1 aliphatic rings. The second-order valence-corrected chi connectivity index (χ2v) is 8.57. The molecular formula is C26H21ClN4O. The van der Waals surface area contributed by atoms with Gasteiger partial charge in [-0.15, -0.1) is 0 Å². The number of hydrogen-bond donors (Lipinski definition) is 1. The highest BCUT2D eigenvalue weighted by Crippen LogP contribution is 2.33. The van der Waals surface area contributed by atoms with Crippen molar-refractivity contribution in [3.05, 3.63) is 95.0 Å². The molecule has 4 heterocycles. The number of furan rings is 1. The molecule has 2 aromatic carbocycles. The first-order valence-corrected chi connectivity index (χ1v) is 11.1. The molecule has 5 aromatic rings. The summed E-state index contributed by atoms with van der Waals surface area (Å²) in [6.45, 7) is 2.62. The average Bonchev–Trinajstić information content (AvgIpc) is 3.48. The van der Waals surface area contributed by atoms with Crippen LogP contribution in [0.3, 0.4) is 0 Å². The minimum atomic E-state index is 0.656. The molecule has 6 rings (SSSR count). The Kier molecular flexibility index (Phi) is 4.78. The number of halogens is 1. The molecule has 0 atom stereocenters. The molecule has 1 N–H and O–H groups in total. The lowest BCUT2D eigenvalue weighted by atomic mass is 10.0. The van der Waals surface area contributed by atoms with Gasteiger partial charge in [0.25, 0.3) is 0 Å². The van der Waals surface area contributed by atoms with E-state index in [1.54, 1.807) is 6.26 Å². The molecule has 32 heavy (non-hydrogen) atoms. The van der Waals surface area contributed by atoms with Crippen LogP contribution in [0, 0.1) is 0 Å². The standard InChI is InChI=1S/C26H21ClN4O/c27-19-9-7-17(8-10-19)25-21(20-4-1-2-5-23(20)29-25)16-31-12-11-22-18(15-31)14-28-26(30-22)24-6-3-13-32-24/h1-10,13-14,29H,11-12,15-16H2. The lowest BCUT2D eigenvalue weighted by Crippen LogP contribution is -2.31. The first kappa shape index (κ1) is 19.3. The zero-order valence-corrected chi connectivity index (χ0v) is 18.1. The number of para-hydroxylation sites is 1. The third kappa shape index (κ3) is 3.49. The summed E-state index contributed by atoms with van der Waals surface area (Å²) in [7, 11) is 0. The molecular weight excluding hydrogens is 420 g/mol. The highest BCUT2D eigenvalue weighted by Gasteiger charge is 2.22. The predicted molar refractivity (Wildman–Crippen MR) is 126 cm³/mol. The summed E-state index contributed by atoms with van der Waals surface area (Å²) in [4.78, 5) is 15.4. The molecule has 0 aliphatic carbocycles. The van der Waals surface area contributed by atoms with Crippen LogP contribution in [0.4, 0.5) is 0 Å². The molecule has 0 saturated carbocycles. The quantitative estimate of drug-likeness (QED) is 0.367. The summed E-state index contributed by atoms with van der Waals surface area (Å²) in [5, 5.41) is 2.00. The van der Waals surface area contributed by atoms with E-state index in [0.717, 1.165) is 53.5 Å². The summed E-state index contributed by atoms with van der Waals surface area (Å²) in [5.41, 5.74) is 7.04. The van der Waals surface area contributed by atoms with Crippen LogP contribution < -0.4 is 0 Å². The molecule has 6 heteroatoms. The van der Waals surface area contributed by atoms with E-state index >= 15 is 0 Å². The van der Waals surface area contributed by atoms with Crippen LogP contribution in [0.25, 0.3) is 33.7 Å². The van der Waals surface area contributed by atoms with Gasteiger partial charge in [0.1, 0.15) is 0 Å². The fraction of sp³-hybridized carbons (Fsp3) is 0.154. The van der Waals surface area contributed by atoms with E-state index in [1.807, 2.05) is 30.5 Å². The number of nitrogens with one attached hydrogen (secondary N) is 1.